The molecule has 18 heavy (non-hydrogen) atoms. The van der Waals surface area contributed by atoms with Gasteiger partial charge < -0.3 is 10.6 Å². The van der Waals surface area contributed by atoms with E-state index in [4.69, 9.17) is 5.73 Å². The van der Waals surface area contributed by atoms with E-state index >= 15 is 0 Å². The summed E-state index contributed by atoms with van der Waals surface area (Å²) < 4.78 is 0. The fourth-order valence-corrected chi connectivity index (χ4v) is 2.39. The van der Waals surface area contributed by atoms with Crippen LogP contribution in [0.3, 0.4) is 0 Å². The zero-order chi connectivity index (χ0) is 12.5. The molecule has 2 N–H and O–H groups in total. The average Bonchev–Trinajstić information content (AvgIpc) is 2.82. The van der Waals surface area contributed by atoms with Gasteiger partial charge in [0.2, 0.25) is 0 Å². The maximum Gasteiger partial charge on any atom is 0.129 e. The Bertz CT molecular complexity index is 538. The van der Waals surface area contributed by atoms with Crippen molar-refractivity contribution in [3.8, 4) is 0 Å². The number of pyridine rings is 1. The SMILES string of the molecule is C[C@@H](N)c1ccnc(N2Cc3ccccc3C2)c1. The standard InChI is InChI=1S/C15H17N3/c1-11(16)12-6-7-17-15(8-12)18-9-13-4-2-3-5-14(13)10-18/h2-8,11H,9-10,16H2,1H3/t11-/m1/s1. The molecule has 0 unspecified atom stereocenters. The molecule has 2 aromatic rings. The van der Waals surface area contributed by atoms with Gasteiger partial charge in [-0.2, -0.15) is 0 Å². The van der Waals surface area contributed by atoms with Gasteiger partial charge in [-0.15, -0.1) is 0 Å². The van der Waals surface area contributed by atoms with Crippen molar-refractivity contribution in [2.75, 3.05) is 4.90 Å². The van der Waals surface area contributed by atoms with Gasteiger partial charge in [-0.25, -0.2) is 4.98 Å². The summed E-state index contributed by atoms with van der Waals surface area (Å²) in [5.74, 6) is 1.01. The molecule has 1 aromatic carbocycles. The fraction of sp³-hybridized carbons (Fsp3) is 0.267. The summed E-state index contributed by atoms with van der Waals surface area (Å²) in [4.78, 5) is 6.75. The van der Waals surface area contributed by atoms with E-state index in [1.807, 2.05) is 19.2 Å². The monoisotopic (exact) mass is 239 g/mol. The molecule has 1 aliphatic rings. The molecule has 3 nitrogen and oxygen atoms in total. The number of hydrogen-bond acceptors (Lipinski definition) is 3. The molecule has 92 valence electrons. The highest BCUT2D eigenvalue weighted by molar-refractivity contribution is 5.48. The van der Waals surface area contributed by atoms with Crippen molar-refractivity contribution in [1.82, 2.24) is 4.98 Å². The normalized spacial score (nSPS) is 15.6. The predicted octanol–water partition coefficient (Wildman–Crippen LogP) is 2.62. The second kappa shape index (κ2) is 4.42. The van der Waals surface area contributed by atoms with Crippen LogP contribution in [0, 0.1) is 0 Å². The first-order chi connectivity index (χ1) is 8.74. The number of benzene rings is 1. The Morgan fingerprint density at radius 3 is 2.44 bits per heavy atom. The Hall–Kier alpha value is -1.87. The molecule has 1 aromatic heterocycles. The topological polar surface area (TPSA) is 42.1 Å². The van der Waals surface area contributed by atoms with E-state index in [-0.39, 0.29) is 6.04 Å². The zero-order valence-electron chi connectivity index (χ0n) is 10.5. The molecule has 0 bridgehead atoms. The lowest BCUT2D eigenvalue weighted by Crippen LogP contribution is -2.16. The summed E-state index contributed by atoms with van der Waals surface area (Å²) in [7, 11) is 0. The van der Waals surface area contributed by atoms with Crippen LogP contribution in [0.2, 0.25) is 0 Å². The molecule has 0 saturated heterocycles. The van der Waals surface area contributed by atoms with Gasteiger partial charge in [0.15, 0.2) is 0 Å². The number of fused-ring (bicyclic) bond motifs is 1. The quantitative estimate of drug-likeness (QED) is 0.876. The predicted molar refractivity (Wildman–Crippen MR) is 73.2 cm³/mol. The number of hydrogen-bond donors (Lipinski definition) is 1. The molecule has 3 rings (SSSR count). The smallest absolute Gasteiger partial charge is 0.129 e. The van der Waals surface area contributed by atoms with Crippen molar-refractivity contribution < 1.29 is 0 Å². The third kappa shape index (κ3) is 1.97. The summed E-state index contributed by atoms with van der Waals surface area (Å²) in [5, 5.41) is 0. The van der Waals surface area contributed by atoms with Crippen LogP contribution >= 0.6 is 0 Å². The van der Waals surface area contributed by atoms with Gasteiger partial charge in [-0.1, -0.05) is 24.3 Å². The highest BCUT2D eigenvalue weighted by Crippen LogP contribution is 2.27. The molecular weight excluding hydrogens is 222 g/mol. The summed E-state index contributed by atoms with van der Waals surface area (Å²) in [6, 6.07) is 12.7. The molecule has 0 spiro atoms. The molecule has 0 aliphatic carbocycles. The van der Waals surface area contributed by atoms with Crippen LogP contribution in [0.15, 0.2) is 42.6 Å². The van der Waals surface area contributed by atoms with Crippen molar-refractivity contribution in [3.05, 3.63) is 59.3 Å². The second-order valence-electron chi connectivity index (χ2n) is 4.86. The molecule has 0 amide bonds. The van der Waals surface area contributed by atoms with E-state index < -0.39 is 0 Å². The van der Waals surface area contributed by atoms with E-state index in [0.717, 1.165) is 24.5 Å². The highest BCUT2D eigenvalue weighted by Gasteiger charge is 2.19. The van der Waals surface area contributed by atoms with Gasteiger partial charge in [0.05, 0.1) is 0 Å². The van der Waals surface area contributed by atoms with Crippen LogP contribution in [-0.4, -0.2) is 4.98 Å². The summed E-state index contributed by atoms with van der Waals surface area (Å²) >= 11 is 0. The fourth-order valence-electron chi connectivity index (χ4n) is 2.39. The lowest BCUT2D eigenvalue weighted by molar-refractivity contribution is 0.803. The molecular formula is C15H17N3. The first kappa shape index (κ1) is 11.2. The van der Waals surface area contributed by atoms with Gasteiger partial charge in [0, 0.05) is 25.3 Å². The Balaban J connectivity index is 1.88. The molecule has 1 atom stereocenters. The Labute approximate surface area is 107 Å². The molecule has 2 heterocycles. The van der Waals surface area contributed by atoms with E-state index in [9.17, 15) is 0 Å². The first-order valence-corrected chi connectivity index (χ1v) is 6.27. The zero-order valence-corrected chi connectivity index (χ0v) is 10.5. The molecule has 1 aliphatic heterocycles. The van der Waals surface area contributed by atoms with Crippen LogP contribution in [0.25, 0.3) is 0 Å². The van der Waals surface area contributed by atoms with Gasteiger partial charge in [-0.3, -0.25) is 0 Å². The Morgan fingerprint density at radius 1 is 1.17 bits per heavy atom. The highest BCUT2D eigenvalue weighted by atomic mass is 15.2. The Kier molecular flexibility index (Phi) is 2.76. The maximum absolute atomic E-state index is 5.92. The Morgan fingerprint density at radius 2 is 1.83 bits per heavy atom. The van der Waals surface area contributed by atoms with Crippen LogP contribution in [-0.2, 0) is 13.1 Å². The second-order valence-corrected chi connectivity index (χ2v) is 4.86. The summed E-state index contributed by atoms with van der Waals surface area (Å²) in [6.07, 6.45) is 1.84. The molecule has 0 radical (unpaired) electrons. The van der Waals surface area contributed by atoms with E-state index in [2.05, 4.69) is 40.2 Å². The number of anilines is 1. The van der Waals surface area contributed by atoms with Crippen molar-refractivity contribution >= 4 is 5.82 Å². The van der Waals surface area contributed by atoms with Gasteiger partial charge in [-0.05, 0) is 35.7 Å². The third-order valence-corrected chi connectivity index (χ3v) is 3.46. The average molecular weight is 239 g/mol. The number of rotatable bonds is 2. The minimum Gasteiger partial charge on any atom is -0.348 e. The first-order valence-electron chi connectivity index (χ1n) is 6.27. The van der Waals surface area contributed by atoms with Crippen molar-refractivity contribution in [1.29, 1.82) is 0 Å². The van der Waals surface area contributed by atoms with Gasteiger partial charge >= 0.3 is 0 Å². The lowest BCUT2D eigenvalue weighted by Gasteiger charge is -2.18. The van der Waals surface area contributed by atoms with Crippen molar-refractivity contribution in [2.24, 2.45) is 5.73 Å². The lowest BCUT2D eigenvalue weighted by atomic mass is 10.1. The van der Waals surface area contributed by atoms with Crippen LogP contribution in [0.5, 0.6) is 0 Å². The molecule has 3 heteroatoms. The van der Waals surface area contributed by atoms with E-state index in [0.29, 0.717) is 0 Å². The van der Waals surface area contributed by atoms with Crippen molar-refractivity contribution in [3.63, 3.8) is 0 Å². The van der Waals surface area contributed by atoms with Gasteiger partial charge in [0.1, 0.15) is 5.82 Å². The van der Waals surface area contributed by atoms with Crippen LogP contribution in [0.1, 0.15) is 29.7 Å². The summed E-state index contributed by atoms with van der Waals surface area (Å²) in [6.45, 7) is 3.87. The molecule has 0 fully saturated rings. The van der Waals surface area contributed by atoms with E-state index in [1.54, 1.807) is 0 Å². The summed E-state index contributed by atoms with van der Waals surface area (Å²) in [5.41, 5.74) is 9.84. The van der Waals surface area contributed by atoms with Gasteiger partial charge in [0.25, 0.3) is 0 Å². The van der Waals surface area contributed by atoms with Crippen LogP contribution in [0.4, 0.5) is 5.82 Å². The van der Waals surface area contributed by atoms with Crippen molar-refractivity contribution in [2.45, 2.75) is 26.1 Å². The van der Waals surface area contributed by atoms with E-state index in [1.165, 1.54) is 11.1 Å². The van der Waals surface area contributed by atoms with Crippen LogP contribution < -0.4 is 10.6 Å². The largest absolute Gasteiger partial charge is 0.348 e. The third-order valence-electron chi connectivity index (χ3n) is 3.46. The number of nitrogens with zero attached hydrogens (tertiary/aromatic N) is 2. The maximum atomic E-state index is 5.92. The minimum atomic E-state index is 0.0525. The number of aromatic nitrogens is 1. The number of nitrogens with two attached hydrogens (primary N) is 1. The minimum absolute atomic E-state index is 0.0525. The molecule has 0 saturated carbocycles.